The molecule has 8 nitrogen and oxygen atoms in total. The molecule has 0 spiro atoms. The highest BCUT2D eigenvalue weighted by molar-refractivity contribution is 7.94. The van der Waals surface area contributed by atoms with Crippen molar-refractivity contribution in [3.05, 3.63) is 59.4 Å². The first-order chi connectivity index (χ1) is 16.0. The number of amidine groups is 1. The molecule has 1 saturated heterocycles. The van der Waals surface area contributed by atoms with Gasteiger partial charge >= 0.3 is 0 Å². The summed E-state index contributed by atoms with van der Waals surface area (Å²) in [6.07, 6.45) is 1.64. The molecule has 2 aliphatic heterocycles. The summed E-state index contributed by atoms with van der Waals surface area (Å²) in [5.74, 6) is -2.10. The van der Waals surface area contributed by atoms with Crippen LogP contribution in [-0.4, -0.2) is 47.9 Å². The van der Waals surface area contributed by atoms with E-state index in [4.69, 9.17) is 10.5 Å². The van der Waals surface area contributed by atoms with Gasteiger partial charge in [0.05, 0.1) is 18.9 Å². The highest BCUT2D eigenvalue weighted by atomic mass is 32.2. The van der Waals surface area contributed by atoms with Crippen LogP contribution in [0.15, 0.2) is 41.5 Å². The molecule has 180 valence electrons. The fourth-order valence-corrected chi connectivity index (χ4v) is 8.07. The number of anilines is 1. The van der Waals surface area contributed by atoms with Crippen molar-refractivity contribution in [1.29, 1.82) is 0 Å². The maximum atomic E-state index is 15.2. The lowest BCUT2D eigenvalue weighted by molar-refractivity contribution is 0.102. The Morgan fingerprint density at radius 2 is 1.97 bits per heavy atom. The predicted octanol–water partition coefficient (Wildman–Crippen LogP) is 2.55. The molecule has 2 aromatic rings. The molecule has 1 aliphatic carbocycles. The van der Waals surface area contributed by atoms with Crippen LogP contribution < -0.4 is 11.1 Å². The first-order valence-corrected chi connectivity index (χ1v) is 12.5. The van der Waals surface area contributed by atoms with Crippen molar-refractivity contribution in [1.82, 2.24) is 4.98 Å². The van der Waals surface area contributed by atoms with E-state index in [1.165, 1.54) is 18.2 Å². The van der Waals surface area contributed by atoms with E-state index in [0.29, 0.717) is 0 Å². The fourth-order valence-electron chi connectivity index (χ4n) is 5.16. The van der Waals surface area contributed by atoms with Crippen LogP contribution in [0, 0.1) is 17.6 Å². The number of hydrogen-bond acceptors (Lipinski definition) is 7. The van der Waals surface area contributed by atoms with Crippen molar-refractivity contribution in [3.63, 3.8) is 0 Å². The molecule has 1 amide bonds. The van der Waals surface area contributed by atoms with Gasteiger partial charge in [-0.25, -0.2) is 22.2 Å². The Kier molecular flexibility index (Phi) is 5.07. The molecule has 2 fully saturated rings. The van der Waals surface area contributed by atoms with E-state index in [2.05, 4.69) is 15.3 Å². The van der Waals surface area contributed by atoms with Crippen molar-refractivity contribution in [2.24, 2.45) is 16.6 Å². The number of benzene rings is 1. The lowest BCUT2D eigenvalue weighted by Crippen LogP contribution is -2.63. The Morgan fingerprint density at radius 3 is 2.62 bits per heavy atom. The molecule has 1 saturated carbocycles. The van der Waals surface area contributed by atoms with Gasteiger partial charge in [0.15, 0.2) is 9.84 Å². The molecule has 34 heavy (non-hydrogen) atoms. The van der Waals surface area contributed by atoms with Gasteiger partial charge in [0, 0.05) is 11.3 Å². The van der Waals surface area contributed by atoms with Gasteiger partial charge in [-0.15, -0.1) is 0 Å². The van der Waals surface area contributed by atoms with Crippen molar-refractivity contribution < 1.29 is 26.7 Å². The Balaban J connectivity index is 1.59. The van der Waals surface area contributed by atoms with Gasteiger partial charge in [-0.1, -0.05) is 0 Å². The van der Waals surface area contributed by atoms with Crippen LogP contribution in [0.3, 0.4) is 0 Å². The van der Waals surface area contributed by atoms with E-state index in [0.717, 1.165) is 31.2 Å². The number of carbonyl (C=O) groups is 1. The summed E-state index contributed by atoms with van der Waals surface area (Å²) in [7, 11) is -3.92. The van der Waals surface area contributed by atoms with Crippen LogP contribution in [0.4, 0.5) is 14.5 Å². The van der Waals surface area contributed by atoms with Gasteiger partial charge in [0.1, 0.15) is 38.7 Å². The zero-order chi connectivity index (χ0) is 24.5. The lowest BCUT2D eigenvalue weighted by atomic mass is 9.85. The number of pyridine rings is 1. The van der Waals surface area contributed by atoms with Crippen molar-refractivity contribution in [2.45, 2.75) is 48.3 Å². The SMILES string of the molecule is C[C@H]1OC[C@]2(c3cc(NC(=O)c4ccc(F)cn4)ccc3F)N=C(N)[C@](C)(C3CC3)S(=O)(=O)[C@H]12. The number of halogens is 2. The van der Waals surface area contributed by atoms with Gasteiger partial charge in [0.2, 0.25) is 0 Å². The number of rotatable bonds is 4. The number of carbonyl (C=O) groups excluding carboxylic acids is 1. The molecule has 11 heteroatoms. The number of hydrogen-bond donors (Lipinski definition) is 2. The van der Waals surface area contributed by atoms with Crippen LogP contribution in [0.2, 0.25) is 0 Å². The van der Waals surface area contributed by atoms with E-state index in [1.807, 2.05) is 0 Å². The zero-order valence-electron chi connectivity index (χ0n) is 18.6. The maximum absolute atomic E-state index is 15.2. The highest BCUT2D eigenvalue weighted by Crippen LogP contribution is 2.55. The first-order valence-electron chi connectivity index (χ1n) is 10.9. The molecule has 1 aromatic carbocycles. The molecule has 3 N–H and O–H groups in total. The third-order valence-corrected chi connectivity index (χ3v) is 10.4. The molecule has 0 bridgehead atoms. The summed E-state index contributed by atoms with van der Waals surface area (Å²) in [4.78, 5) is 20.9. The first kappa shape index (κ1) is 22.9. The standard InChI is InChI=1S/C23H24F2N4O4S/c1-12-19-23(11-33-12,29-21(26)22(2,13-3-4-13)34(19,31)32)16-9-15(6-7-17(16)25)28-20(30)18-8-5-14(24)10-27-18/h5-10,12-13,19H,3-4,11H2,1-2H3,(H2,26,29)(H,28,30)/t12-,19-,22+,23-/m1/s1. The second-order valence-corrected chi connectivity index (χ2v) is 11.7. The highest BCUT2D eigenvalue weighted by Gasteiger charge is 2.68. The second-order valence-electron chi connectivity index (χ2n) is 9.29. The Morgan fingerprint density at radius 1 is 1.24 bits per heavy atom. The second kappa shape index (κ2) is 7.54. The minimum Gasteiger partial charge on any atom is -0.386 e. The molecular formula is C23H24F2N4O4S. The minimum absolute atomic E-state index is 0.0314. The van der Waals surface area contributed by atoms with Crippen molar-refractivity contribution in [3.8, 4) is 0 Å². The van der Waals surface area contributed by atoms with Gasteiger partial charge in [-0.3, -0.25) is 9.79 Å². The van der Waals surface area contributed by atoms with E-state index in [9.17, 15) is 17.6 Å². The van der Waals surface area contributed by atoms with E-state index in [-0.39, 0.29) is 35.3 Å². The molecule has 5 rings (SSSR count). The summed E-state index contributed by atoms with van der Waals surface area (Å²) in [5, 5.41) is 1.45. The molecule has 3 aliphatic rings. The van der Waals surface area contributed by atoms with Crippen LogP contribution in [0.5, 0.6) is 0 Å². The number of nitrogens with two attached hydrogens (primary N) is 1. The number of sulfone groups is 1. The minimum atomic E-state index is -3.92. The molecule has 4 atom stereocenters. The third kappa shape index (κ3) is 3.17. The van der Waals surface area contributed by atoms with Crippen LogP contribution in [0.1, 0.15) is 42.7 Å². The topological polar surface area (TPSA) is 124 Å². The van der Waals surface area contributed by atoms with E-state index >= 15 is 4.39 Å². The number of nitrogens with zero attached hydrogens (tertiary/aromatic N) is 2. The monoisotopic (exact) mass is 490 g/mol. The summed E-state index contributed by atoms with van der Waals surface area (Å²) in [6.45, 7) is 3.06. The summed E-state index contributed by atoms with van der Waals surface area (Å²) < 4.78 is 60.6. The number of nitrogens with one attached hydrogen (secondary N) is 1. The average Bonchev–Trinajstić information content (AvgIpc) is 3.58. The number of amides is 1. The fraction of sp³-hybridized carbons (Fsp3) is 0.435. The van der Waals surface area contributed by atoms with E-state index < -0.39 is 49.0 Å². The molecule has 0 radical (unpaired) electrons. The van der Waals surface area contributed by atoms with Crippen molar-refractivity contribution in [2.75, 3.05) is 11.9 Å². The smallest absolute Gasteiger partial charge is 0.274 e. The summed E-state index contributed by atoms with van der Waals surface area (Å²) >= 11 is 0. The van der Waals surface area contributed by atoms with E-state index in [1.54, 1.807) is 13.8 Å². The zero-order valence-corrected chi connectivity index (χ0v) is 19.4. The summed E-state index contributed by atoms with van der Waals surface area (Å²) in [6, 6.07) is 6.12. The maximum Gasteiger partial charge on any atom is 0.274 e. The van der Waals surface area contributed by atoms with Gasteiger partial charge in [-0.05, 0) is 62.9 Å². The Hall–Kier alpha value is -2.92. The van der Waals surface area contributed by atoms with Crippen molar-refractivity contribution >= 4 is 27.3 Å². The quantitative estimate of drug-likeness (QED) is 0.679. The number of aromatic nitrogens is 1. The number of ether oxygens (including phenoxy) is 1. The number of aliphatic imine (C=N–C) groups is 1. The lowest BCUT2D eigenvalue weighted by Gasteiger charge is -2.44. The Bertz CT molecular complexity index is 1310. The van der Waals surface area contributed by atoms with Crippen LogP contribution in [0.25, 0.3) is 0 Å². The largest absolute Gasteiger partial charge is 0.386 e. The van der Waals surface area contributed by atoms with Crippen LogP contribution in [-0.2, 0) is 20.1 Å². The van der Waals surface area contributed by atoms with Gasteiger partial charge in [0.25, 0.3) is 5.91 Å². The normalized spacial score (nSPS) is 32.1. The van der Waals surface area contributed by atoms with Gasteiger partial charge in [-0.2, -0.15) is 0 Å². The average molecular weight is 491 g/mol. The van der Waals surface area contributed by atoms with Crippen LogP contribution >= 0.6 is 0 Å². The van der Waals surface area contributed by atoms with Gasteiger partial charge < -0.3 is 15.8 Å². The molecule has 0 unspecified atom stereocenters. The third-order valence-electron chi connectivity index (χ3n) is 7.22. The Labute approximate surface area is 195 Å². The molecular weight excluding hydrogens is 466 g/mol. The summed E-state index contributed by atoms with van der Waals surface area (Å²) in [5.41, 5.74) is 4.83. The molecule has 3 heterocycles. The predicted molar refractivity (Wildman–Crippen MR) is 121 cm³/mol. The number of fused-ring (bicyclic) bond motifs is 1. The molecule has 1 aromatic heterocycles.